The molecule has 1 aromatic rings. The number of hydrogen-bond donors (Lipinski definition) is 0. The minimum Gasteiger partial charge on any atom is -0.444 e. The number of piperidine rings is 1. The number of aromatic nitrogens is 1. The Labute approximate surface area is 139 Å². The van der Waals surface area contributed by atoms with Crippen molar-refractivity contribution in [2.75, 3.05) is 13.2 Å². The number of likely N-dealkylation sites (tertiary alicyclic amines) is 1. The Kier molecular flexibility index (Phi) is 6.39. The topological polar surface area (TPSA) is 51.7 Å². The highest BCUT2D eigenvalue weighted by atomic mass is 16.6. The van der Waals surface area contributed by atoms with Gasteiger partial charge in [-0.05, 0) is 64.2 Å². The molecular formula is C18H28N2O3. The van der Waals surface area contributed by atoms with Crippen LogP contribution in [0.15, 0.2) is 24.5 Å². The van der Waals surface area contributed by atoms with Gasteiger partial charge in [-0.3, -0.25) is 4.98 Å². The molecule has 1 aliphatic rings. The number of ether oxygens (including phenoxy) is 2. The maximum atomic E-state index is 12.3. The van der Waals surface area contributed by atoms with Gasteiger partial charge in [0.15, 0.2) is 0 Å². The van der Waals surface area contributed by atoms with Gasteiger partial charge in [-0.25, -0.2) is 4.79 Å². The molecule has 1 unspecified atom stereocenters. The number of carbonyl (C=O) groups is 1. The highest BCUT2D eigenvalue weighted by Crippen LogP contribution is 2.22. The molecule has 1 atom stereocenters. The molecule has 128 valence electrons. The molecule has 2 rings (SSSR count). The zero-order valence-electron chi connectivity index (χ0n) is 14.5. The molecule has 1 aromatic heterocycles. The van der Waals surface area contributed by atoms with Crippen LogP contribution < -0.4 is 0 Å². The molecule has 0 radical (unpaired) electrons. The summed E-state index contributed by atoms with van der Waals surface area (Å²) in [5, 5.41) is 0. The summed E-state index contributed by atoms with van der Waals surface area (Å²) < 4.78 is 11.3. The van der Waals surface area contributed by atoms with Gasteiger partial charge in [0.2, 0.25) is 0 Å². The maximum Gasteiger partial charge on any atom is 0.410 e. The minimum absolute atomic E-state index is 0.198. The van der Waals surface area contributed by atoms with Gasteiger partial charge in [-0.15, -0.1) is 0 Å². The lowest BCUT2D eigenvalue weighted by Crippen LogP contribution is -2.46. The van der Waals surface area contributed by atoms with Crippen LogP contribution in [0.2, 0.25) is 0 Å². The average molecular weight is 320 g/mol. The summed E-state index contributed by atoms with van der Waals surface area (Å²) in [6.07, 6.45) is 7.43. The van der Waals surface area contributed by atoms with E-state index in [1.165, 1.54) is 0 Å². The first-order chi connectivity index (χ1) is 11.0. The van der Waals surface area contributed by atoms with Gasteiger partial charge in [0.25, 0.3) is 0 Å². The predicted octanol–water partition coefficient (Wildman–Crippen LogP) is 3.78. The van der Waals surface area contributed by atoms with Gasteiger partial charge < -0.3 is 14.4 Å². The summed E-state index contributed by atoms with van der Waals surface area (Å²) in [7, 11) is 0. The Bertz CT molecular complexity index is 485. The second-order valence-corrected chi connectivity index (χ2v) is 7.02. The van der Waals surface area contributed by atoms with Crippen LogP contribution >= 0.6 is 0 Å². The fourth-order valence-corrected chi connectivity index (χ4v) is 2.75. The van der Waals surface area contributed by atoms with Gasteiger partial charge in [0.05, 0.1) is 6.61 Å². The predicted molar refractivity (Wildman–Crippen MR) is 89.1 cm³/mol. The summed E-state index contributed by atoms with van der Waals surface area (Å²) >= 11 is 0. The molecule has 0 spiro atoms. The molecule has 0 aromatic carbocycles. The first-order valence-electron chi connectivity index (χ1n) is 8.42. The van der Waals surface area contributed by atoms with Crippen LogP contribution in [-0.4, -0.2) is 40.8 Å². The number of nitrogens with zero attached hydrogens (tertiary/aromatic N) is 2. The van der Waals surface area contributed by atoms with E-state index >= 15 is 0 Å². The highest BCUT2D eigenvalue weighted by Gasteiger charge is 2.30. The molecule has 0 saturated carbocycles. The van der Waals surface area contributed by atoms with Gasteiger partial charge >= 0.3 is 6.09 Å². The van der Waals surface area contributed by atoms with Crippen molar-refractivity contribution < 1.29 is 14.3 Å². The zero-order valence-corrected chi connectivity index (χ0v) is 14.5. The Morgan fingerprint density at radius 2 is 2.04 bits per heavy atom. The molecule has 23 heavy (non-hydrogen) atoms. The van der Waals surface area contributed by atoms with E-state index in [1.807, 2.05) is 37.8 Å². The van der Waals surface area contributed by atoms with E-state index in [0.29, 0.717) is 13.2 Å². The SMILES string of the molecule is CC(C)(C)OC(=O)N1CCCCC1CCOCc1ccncc1. The second kappa shape index (κ2) is 8.29. The third-order valence-electron chi connectivity index (χ3n) is 3.87. The molecule has 1 amide bonds. The number of carbonyl (C=O) groups excluding carboxylic acids is 1. The molecule has 5 heteroatoms. The van der Waals surface area contributed by atoms with Crippen LogP contribution in [0.25, 0.3) is 0 Å². The lowest BCUT2D eigenvalue weighted by atomic mass is 10.0. The van der Waals surface area contributed by atoms with E-state index in [0.717, 1.165) is 37.8 Å². The van der Waals surface area contributed by atoms with E-state index in [9.17, 15) is 4.79 Å². The second-order valence-electron chi connectivity index (χ2n) is 7.02. The third kappa shape index (κ3) is 6.18. The Morgan fingerprint density at radius 3 is 2.74 bits per heavy atom. The van der Waals surface area contributed by atoms with Crippen LogP contribution in [0.3, 0.4) is 0 Å². The van der Waals surface area contributed by atoms with Gasteiger partial charge in [-0.2, -0.15) is 0 Å². The van der Waals surface area contributed by atoms with E-state index in [4.69, 9.17) is 9.47 Å². The molecule has 1 fully saturated rings. The van der Waals surface area contributed by atoms with Crippen molar-refractivity contribution in [2.24, 2.45) is 0 Å². The normalized spacial score (nSPS) is 18.7. The van der Waals surface area contributed by atoms with Gasteiger partial charge in [0, 0.05) is 31.6 Å². The van der Waals surface area contributed by atoms with E-state index < -0.39 is 5.60 Å². The first kappa shape index (κ1) is 17.7. The van der Waals surface area contributed by atoms with Crippen molar-refractivity contribution in [3.8, 4) is 0 Å². The number of amides is 1. The van der Waals surface area contributed by atoms with Crippen molar-refractivity contribution in [3.63, 3.8) is 0 Å². The molecule has 0 bridgehead atoms. The molecular weight excluding hydrogens is 292 g/mol. The standard InChI is InChI=1S/C18H28N2O3/c1-18(2,3)23-17(21)20-12-5-4-6-16(20)9-13-22-14-15-7-10-19-11-8-15/h7-8,10-11,16H,4-6,9,12-14H2,1-3H3. The van der Waals surface area contributed by atoms with Crippen molar-refractivity contribution in [1.29, 1.82) is 0 Å². The molecule has 1 aliphatic heterocycles. The largest absolute Gasteiger partial charge is 0.444 e. The molecule has 2 heterocycles. The number of pyridine rings is 1. The number of rotatable bonds is 5. The van der Waals surface area contributed by atoms with Crippen molar-refractivity contribution >= 4 is 6.09 Å². The van der Waals surface area contributed by atoms with Crippen LogP contribution in [-0.2, 0) is 16.1 Å². The Hall–Kier alpha value is -1.62. The summed E-state index contributed by atoms with van der Waals surface area (Å²) in [5.74, 6) is 0. The Balaban J connectivity index is 1.78. The fraction of sp³-hybridized carbons (Fsp3) is 0.667. The van der Waals surface area contributed by atoms with E-state index in [2.05, 4.69) is 4.98 Å². The van der Waals surface area contributed by atoms with Crippen LogP contribution in [0.4, 0.5) is 4.79 Å². The number of hydrogen-bond acceptors (Lipinski definition) is 4. The smallest absolute Gasteiger partial charge is 0.410 e. The maximum absolute atomic E-state index is 12.3. The van der Waals surface area contributed by atoms with Crippen LogP contribution in [0.5, 0.6) is 0 Å². The van der Waals surface area contributed by atoms with Crippen molar-refractivity contribution in [1.82, 2.24) is 9.88 Å². The van der Waals surface area contributed by atoms with E-state index in [-0.39, 0.29) is 12.1 Å². The van der Waals surface area contributed by atoms with Crippen LogP contribution in [0, 0.1) is 0 Å². The molecule has 0 N–H and O–H groups in total. The quantitative estimate of drug-likeness (QED) is 0.775. The van der Waals surface area contributed by atoms with Crippen molar-refractivity contribution in [3.05, 3.63) is 30.1 Å². The molecule has 5 nitrogen and oxygen atoms in total. The van der Waals surface area contributed by atoms with Gasteiger partial charge in [0.1, 0.15) is 5.60 Å². The average Bonchev–Trinajstić information content (AvgIpc) is 2.51. The summed E-state index contributed by atoms with van der Waals surface area (Å²) in [6, 6.07) is 4.12. The zero-order chi connectivity index (χ0) is 16.7. The van der Waals surface area contributed by atoms with Gasteiger partial charge in [-0.1, -0.05) is 0 Å². The third-order valence-corrected chi connectivity index (χ3v) is 3.87. The summed E-state index contributed by atoms with van der Waals surface area (Å²) in [4.78, 5) is 18.2. The fourth-order valence-electron chi connectivity index (χ4n) is 2.75. The van der Waals surface area contributed by atoms with Crippen molar-refractivity contribution in [2.45, 2.75) is 64.7 Å². The summed E-state index contributed by atoms with van der Waals surface area (Å²) in [5.41, 5.74) is 0.671. The highest BCUT2D eigenvalue weighted by molar-refractivity contribution is 5.68. The van der Waals surface area contributed by atoms with E-state index in [1.54, 1.807) is 12.4 Å². The molecule has 1 saturated heterocycles. The first-order valence-corrected chi connectivity index (χ1v) is 8.42. The van der Waals surface area contributed by atoms with Crippen LogP contribution in [0.1, 0.15) is 52.0 Å². The monoisotopic (exact) mass is 320 g/mol. The minimum atomic E-state index is -0.447. The lowest BCUT2D eigenvalue weighted by molar-refractivity contribution is 0.00378. The molecule has 0 aliphatic carbocycles. The Morgan fingerprint density at radius 1 is 1.30 bits per heavy atom. The summed E-state index contributed by atoms with van der Waals surface area (Å²) in [6.45, 7) is 7.73. The lowest BCUT2D eigenvalue weighted by Gasteiger charge is -2.36.